The molecular formula is C23H28ClN3O4S. The summed E-state index contributed by atoms with van der Waals surface area (Å²) < 4.78 is 10.9. The van der Waals surface area contributed by atoms with Gasteiger partial charge in [-0.1, -0.05) is 42.1 Å². The summed E-state index contributed by atoms with van der Waals surface area (Å²) in [6.07, 6.45) is 1.36. The molecule has 172 valence electrons. The molecule has 0 unspecified atom stereocenters. The van der Waals surface area contributed by atoms with E-state index in [0.717, 1.165) is 24.3 Å². The maximum absolute atomic E-state index is 12.9. The summed E-state index contributed by atoms with van der Waals surface area (Å²) in [4.78, 5) is 29.7. The molecule has 2 N–H and O–H groups in total. The van der Waals surface area contributed by atoms with Crippen LogP contribution < -0.4 is 10.6 Å². The van der Waals surface area contributed by atoms with Crippen molar-refractivity contribution in [3.8, 4) is 0 Å². The van der Waals surface area contributed by atoms with E-state index in [-0.39, 0.29) is 24.9 Å². The zero-order valence-electron chi connectivity index (χ0n) is 18.1. The number of nitrogens with one attached hydrogen (secondary N) is 2. The van der Waals surface area contributed by atoms with Crippen LogP contribution in [0, 0.1) is 0 Å². The molecule has 9 heteroatoms. The van der Waals surface area contributed by atoms with Crippen LogP contribution in [0.2, 0.25) is 0 Å². The van der Waals surface area contributed by atoms with Gasteiger partial charge in [0.15, 0.2) is 5.58 Å². The molecule has 0 aliphatic carbocycles. The fraction of sp³-hybridized carbons (Fsp3) is 0.348. The van der Waals surface area contributed by atoms with Gasteiger partial charge in [0, 0.05) is 17.7 Å². The van der Waals surface area contributed by atoms with Crippen molar-refractivity contribution in [2.45, 2.75) is 31.0 Å². The number of carbonyl (C=O) groups is 2. The number of carbonyl (C=O) groups excluding carboxylic acids is 2. The van der Waals surface area contributed by atoms with E-state index in [1.165, 1.54) is 0 Å². The molecule has 3 rings (SSSR count). The third kappa shape index (κ3) is 7.25. The van der Waals surface area contributed by atoms with Gasteiger partial charge in [0.25, 0.3) is 11.1 Å². The first-order chi connectivity index (χ1) is 15.1. The van der Waals surface area contributed by atoms with Gasteiger partial charge in [-0.15, -0.1) is 12.4 Å². The van der Waals surface area contributed by atoms with Crippen LogP contribution in [0.15, 0.2) is 58.2 Å². The number of oxazole rings is 1. The predicted molar refractivity (Wildman–Crippen MR) is 129 cm³/mol. The lowest BCUT2D eigenvalue weighted by molar-refractivity contribution is -0.145. The fourth-order valence-electron chi connectivity index (χ4n) is 3.05. The van der Waals surface area contributed by atoms with Crippen LogP contribution >= 0.6 is 24.2 Å². The van der Waals surface area contributed by atoms with Gasteiger partial charge in [-0.05, 0) is 50.7 Å². The molecule has 1 atom stereocenters. The normalized spacial score (nSPS) is 11.6. The summed E-state index contributed by atoms with van der Waals surface area (Å²) in [6.45, 7) is 2.92. The second-order valence-corrected chi connectivity index (χ2v) is 7.98. The first kappa shape index (κ1) is 25.7. The van der Waals surface area contributed by atoms with Gasteiger partial charge in [0.05, 0.1) is 6.61 Å². The third-order valence-electron chi connectivity index (χ3n) is 4.59. The highest BCUT2D eigenvalue weighted by Gasteiger charge is 2.23. The minimum atomic E-state index is -0.777. The molecule has 1 amide bonds. The Morgan fingerprint density at radius 3 is 2.69 bits per heavy atom. The maximum Gasteiger partial charge on any atom is 0.328 e. The van der Waals surface area contributed by atoms with E-state index >= 15 is 0 Å². The van der Waals surface area contributed by atoms with E-state index in [1.54, 1.807) is 36.9 Å². The predicted octanol–water partition coefficient (Wildman–Crippen LogP) is 3.86. The molecular weight excluding hydrogens is 450 g/mol. The van der Waals surface area contributed by atoms with Gasteiger partial charge in [-0.25, -0.2) is 9.78 Å². The van der Waals surface area contributed by atoms with Crippen molar-refractivity contribution in [3.63, 3.8) is 0 Å². The molecule has 0 radical (unpaired) electrons. The van der Waals surface area contributed by atoms with Crippen LogP contribution in [0.25, 0.3) is 11.1 Å². The third-order valence-corrected chi connectivity index (χ3v) is 5.50. The van der Waals surface area contributed by atoms with E-state index in [4.69, 9.17) is 9.15 Å². The topological polar surface area (TPSA) is 93.5 Å². The van der Waals surface area contributed by atoms with E-state index in [0.29, 0.717) is 28.3 Å². The second-order valence-electron chi connectivity index (χ2n) is 6.94. The number of halogens is 1. The van der Waals surface area contributed by atoms with E-state index in [1.807, 2.05) is 37.4 Å². The number of aromatic nitrogens is 1. The van der Waals surface area contributed by atoms with Crippen molar-refractivity contribution >= 4 is 47.1 Å². The minimum absolute atomic E-state index is 0. The summed E-state index contributed by atoms with van der Waals surface area (Å²) >= 11 is 1.54. The van der Waals surface area contributed by atoms with Crippen molar-refractivity contribution in [1.82, 2.24) is 15.6 Å². The quantitative estimate of drug-likeness (QED) is 0.246. The first-order valence-corrected chi connectivity index (χ1v) is 11.3. The molecule has 0 fully saturated rings. The smallest absolute Gasteiger partial charge is 0.328 e. The molecule has 0 saturated carbocycles. The SMILES string of the molecule is CCOC(=O)[C@H](Cc1ccccc1)NC(=O)c1ccc2oc(SCCCNC)nc2c1.Cl. The molecule has 0 bridgehead atoms. The van der Waals surface area contributed by atoms with Gasteiger partial charge in [0.1, 0.15) is 11.6 Å². The van der Waals surface area contributed by atoms with Crippen molar-refractivity contribution in [3.05, 3.63) is 59.7 Å². The van der Waals surface area contributed by atoms with Crippen LogP contribution in [0.5, 0.6) is 0 Å². The summed E-state index contributed by atoms with van der Waals surface area (Å²) in [5.74, 6) is 0.0754. The number of benzene rings is 2. The summed E-state index contributed by atoms with van der Waals surface area (Å²) in [5, 5.41) is 6.49. The average Bonchev–Trinajstić information content (AvgIpc) is 3.19. The molecule has 0 spiro atoms. The summed E-state index contributed by atoms with van der Waals surface area (Å²) in [7, 11) is 1.92. The van der Waals surface area contributed by atoms with Gasteiger partial charge < -0.3 is 19.8 Å². The van der Waals surface area contributed by atoms with Crippen molar-refractivity contribution in [2.24, 2.45) is 0 Å². The summed E-state index contributed by atoms with van der Waals surface area (Å²) in [5.41, 5.74) is 2.58. The van der Waals surface area contributed by atoms with Gasteiger partial charge in [-0.3, -0.25) is 4.79 Å². The number of fused-ring (bicyclic) bond motifs is 1. The largest absolute Gasteiger partial charge is 0.464 e. The number of nitrogens with zero attached hydrogens (tertiary/aromatic N) is 1. The van der Waals surface area contributed by atoms with Gasteiger partial charge in [-0.2, -0.15) is 0 Å². The van der Waals surface area contributed by atoms with Crippen molar-refractivity contribution in [2.75, 3.05) is 26.0 Å². The number of hydrogen-bond donors (Lipinski definition) is 2. The highest BCUT2D eigenvalue weighted by molar-refractivity contribution is 7.99. The number of hydrogen-bond acceptors (Lipinski definition) is 7. The van der Waals surface area contributed by atoms with Crippen LogP contribution in [-0.2, 0) is 16.0 Å². The lowest BCUT2D eigenvalue weighted by atomic mass is 10.1. The molecule has 7 nitrogen and oxygen atoms in total. The molecule has 0 aliphatic rings. The number of amides is 1. The Bertz CT molecular complexity index is 1010. The molecule has 1 aromatic heterocycles. The molecule has 2 aromatic carbocycles. The standard InChI is InChI=1S/C23H27N3O4S.ClH/c1-3-29-22(28)19(14-16-8-5-4-6-9-16)25-21(27)17-10-11-20-18(15-17)26-23(30-20)31-13-7-12-24-2;/h4-6,8-11,15,19,24H,3,7,12-14H2,1-2H3,(H,25,27);1H/t19-;/m0./s1. The Hall–Kier alpha value is -2.55. The number of thioether (sulfide) groups is 1. The molecule has 0 aliphatic heterocycles. The maximum atomic E-state index is 12.9. The monoisotopic (exact) mass is 477 g/mol. The van der Waals surface area contributed by atoms with Crippen LogP contribution in [0.3, 0.4) is 0 Å². The molecule has 1 heterocycles. The van der Waals surface area contributed by atoms with E-state index < -0.39 is 12.0 Å². The van der Waals surface area contributed by atoms with Crippen LogP contribution in [0.1, 0.15) is 29.3 Å². The Morgan fingerprint density at radius 1 is 1.19 bits per heavy atom. The first-order valence-electron chi connectivity index (χ1n) is 10.3. The van der Waals surface area contributed by atoms with Crippen molar-refractivity contribution < 1.29 is 18.7 Å². The van der Waals surface area contributed by atoms with E-state index in [9.17, 15) is 9.59 Å². The van der Waals surface area contributed by atoms with Crippen molar-refractivity contribution in [1.29, 1.82) is 0 Å². The Kier molecular flexibility index (Phi) is 10.5. The molecule has 3 aromatic rings. The minimum Gasteiger partial charge on any atom is -0.464 e. The average molecular weight is 478 g/mol. The van der Waals surface area contributed by atoms with Gasteiger partial charge >= 0.3 is 5.97 Å². The molecule has 0 saturated heterocycles. The van der Waals surface area contributed by atoms with Gasteiger partial charge in [0.2, 0.25) is 0 Å². The van der Waals surface area contributed by atoms with Crippen LogP contribution in [-0.4, -0.2) is 48.9 Å². The Balaban J connectivity index is 0.00000363. The fourth-order valence-corrected chi connectivity index (χ4v) is 3.82. The Labute approximate surface area is 198 Å². The zero-order valence-corrected chi connectivity index (χ0v) is 19.8. The number of rotatable bonds is 11. The zero-order chi connectivity index (χ0) is 22.1. The highest BCUT2D eigenvalue weighted by atomic mass is 35.5. The van der Waals surface area contributed by atoms with Crippen LogP contribution in [0.4, 0.5) is 0 Å². The number of ether oxygens (including phenoxy) is 1. The lowest BCUT2D eigenvalue weighted by Gasteiger charge is -2.17. The second kappa shape index (κ2) is 13.1. The summed E-state index contributed by atoms with van der Waals surface area (Å²) in [6, 6.07) is 13.8. The molecule has 32 heavy (non-hydrogen) atoms. The Morgan fingerprint density at radius 2 is 1.97 bits per heavy atom. The van der Waals surface area contributed by atoms with E-state index in [2.05, 4.69) is 15.6 Å². The highest BCUT2D eigenvalue weighted by Crippen LogP contribution is 2.24. The number of esters is 1. The lowest BCUT2D eigenvalue weighted by Crippen LogP contribution is -2.43.